The van der Waals surface area contributed by atoms with Crippen LogP contribution in [0.4, 0.5) is 0 Å². The van der Waals surface area contributed by atoms with Gasteiger partial charge in [-0.3, -0.25) is 4.79 Å². The summed E-state index contributed by atoms with van der Waals surface area (Å²) in [5.41, 5.74) is 2.36. The minimum atomic E-state index is 0.0771. The van der Waals surface area contributed by atoms with Crippen molar-refractivity contribution in [3.05, 3.63) is 65.7 Å². The molecule has 2 atom stereocenters. The van der Waals surface area contributed by atoms with Crippen LogP contribution in [0.3, 0.4) is 0 Å². The van der Waals surface area contributed by atoms with E-state index in [1.807, 2.05) is 41.3 Å². The number of hydrogen-bond acceptors (Lipinski definition) is 2. The normalized spacial score (nSPS) is 19.0. The summed E-state index contributed by atoms with van der Waals surface area (Å²) < 4.78 is 5.27. The van der Waals surface area contributed by atoms with E-state index in [1.54, 1.807) is 7.11 Å². The highest BCUT2D eigenvalue weighted by atomic mass is 16.5. The van der Waals surface area contributed by atoms with Crippen LogP contribution in [0.5, 0.6) is 5.75 Å². The van der Waals surface area contributed by atoms with Crippen LogP contribution in [0.15, 0.2) is 54.6 Å². The van der Waals surface area contributed by atoms with Crippen LogP contribution in [-0.4, -0.2) is 24.5 Å². The first kappa shape index (κ1) is 15.6. The Bertz CT molecular complexity index is 668. The minimum absolute atomic E-state index is 0.0771. The van der Waals surface area contributed by atoms with Gasteiger partial charge in [0.15, 0.2) is 0 Å². The predicted molar refractivity (Wildman–Crippen MR) is 91.4 cm³/mol. The van der Waals surface area contributed by atoms with Crippen LogP contribution < -0.4 is 4.74 Å². The SMILES string of the molecule is COc1cccc(C[C@H]2CCN([C@H](C)c3ccccc3)C2=O)c1. The van der Waals surface area contributed by atoms with Gasteiger partial charge in [-0.25, -0.2) is 0 Å². The van der Waals surface area contributed by atoms with Gasteiger partial charge < -0.3 is 9.64 Å². The first-order valence-corrected chi connectivity index (χ1v) is 8.17. The smallest absolute Gasteiger partial charge is 0.226 e. The van der Waals surface area contributed by atoms with E-state index in [-0.39, 0.29) is 17.9 Å². The van der Waals surface area contributed by atoms with E-state index < -0.39 is 0 Å². The standard InChI is InChI=1S/C20H23NO2/c1-15(17-8-4-3-5-9-17)21-12-11-18(20(21)22)13-16-7-6-10-19(14-16)23-2/h3-10,14-15,18H,11-13H2,1-2H3/t15-,18-/m1/s1. The van der Waals surface area contributed by atoms with Gasteiger partial charge in [-0.15, -0.1) is 0 Å². The van der Waals surface area contributed by atoms with Gasteiger partial charge in [0, 0.05) is 12.5 Å². The predicted octanol–water partition coefficient (Wildman–Crippen LogP) is 3.85. The molecule has 0 radical (unpaired) electrons. The summed E-state index contributed by atoms with van der Waals surface area (Å²) in [6.07, 6.45) is 1.71. The molecule has 120 valence electrons. The molecular formula is C20H23NO2. The number of carbonyl (C=O) groups is 1. The topological polar surface area (TPSA) is 29.5 Å². The van der Waals surface area contributed by atoms with Gasteiger partial charge in [-0.2, -0.15) is 0 Å². The molecule has 2 aromatic carbocycles. The number of likely N-dealkylation sites (tertiary alicyclic amines) is 1. The second kappa shape index (κ2) is 6.86. The fourth-order valence-electron chi connectivity index (χ4n) is 3.33. The average Bonchev–Trinajstić information content (AvgIpc) is 2.96. The number of methoxy groups -OCH3 is 1. The maximum absolute atomic E-state index is 12.8. The molecule has 1 saturated heterocycles. The maximum atomic E-state index is 12.8. The number of hydrogen-bond donors (Lipinski definition) is 0. The minimum Gasteiger partial charge on any atom is -0.497 e. The Morgan fingerprint density at radius 3 is 2.70 bits per heavy atom. The Hall–Kier alpha value is -2.29. The Morgan fingerprint density at radius 1 is 1.17 bits per heavy atom. The van der Waals surface area contributed by atoms with Crippen LogP contribution >= 0.6 is 0 Å². The molecule has 1 amide bonds. The lowest BCUT2D eigenvalue weighted by Crippen LogP contribution is -2.30. The van der Waals surface area contributed by atoms with E-state index in [1.165, 1.54) is 5.56 Å². The quantitative estimate of drug-likeness (QED) is 0.839. The molecule has 0 unspecified atom stereocenters. The highest BCUT2D eigenvalue weighted by Crippen LogP contribution is 2.30. The molecular weight excluding hydrogens is 286 g/mol. The molecule has 3 rings (SSSR count). The molecule has 3 nitrogen and oxygen atoms in total. The van der Waals surface area contributed by atoms with Gasteiger partial charge in [0.1, 0.15) is 5.75 Å². The van der Waals surface area contributed by atoms with Crippen molar-refractivity contribution in [1.29, 1.82) is 0 Å². The summed E-state index contributed by atoms with van der Waals surface area (Å²) in [6, 6.07) is 18.4. The van der Waals surface area contributed by atoms with Crippen LogP contribution in [0.25, 0.3) is 0 Å². The number of benzene rings is 2. The summed E-state index contributed by atoms with van der Waals surface area (Å²) in [5.74, 6) is 1.19. The lowest BCUT2D eigenvalue weighted by molar-refractivity contribution is -0.132. The fourth-order valence-corrected chi connectivity index (χ4v) is 3.33. The molecule has 0 aliphatic carbocycles. The number of carbonyl (C=O) groups excluding carboxylic acids is 1. The van der Waals surface area contributed by atoms with E-state index in [4.69, 9.17) is 4.74 Å². The summed E-state index contributed by atoms with van der Waals surface area (Å²) in [5, 5.41) is 0. The van der Waals surface area contributed by atoms with Crippen LogP contribution in [0, 0.1) is 5.92 Å². The first-order valence-electron chi connectivity index (χ1n) is 8.17. The molecule has 2 aromatic rings. The van der Waals surface area contributed by atoms with Crippen molar-refractivity contribution in [2.24, 2.45) is 5.92 Å². The van der Waals surface area contributed by atoms with E-state index in [0.29, 0.717) is 0 Å². The molecule has 1 aliphatic heterocycles. The number of amides is 1. The molecule has 0 saturated carbocycles. The van der Waals surface area contributed by atoms with Gasteiger partial charge in [-0.1, -0.05) is 42.5 Å². The third-order valence-electron chi connectivity index (χ3n) is 4.72. The number of nitrogens with zero attached hydrogens (tertiary/aromatic N) is 1. The summed E-state index contributed by atoms with van der Waals surface area (Å²) in [4.78, 5) is 14.8. The lowest BCUT2D eigenvalue weighted by Gasteiger charge is -2.25. The zero-order valence-corrected chi connectivity index (χ0v) is 13.7. The molecule has 0 aromatic heterocycles. The third kappa shape index (κ3) is 3.39. The largest absolute Gasteiger partial charge is 0.497 e. The molecule has 23 heavy (non-hydrogen) atoms. The van der Waals surface area contributed by atoms with Crippen molar-refractivity contribution in [2.75, 3.05) is 13.7 Å². The van der Waals surface area contributed by atoms with Crippen molar-refractivity contribution >= 4 is 5.91 Å². The number of ether oxygens (including phenoxy) is 1. The Labute approximate surface area is 137 Å². The van der Waals surface area contributed by atoms with Crippen LogP contribution in [0.2, 0.25) is 0 Å². The molecule has 3 heteroatoms. The van der Waals surface area contributed by atoms with E-state index in [2.05, 4.69) is 25.1 Å². The highest BCUT2D eigenvalue weighted by molar-refractivity contribution is 5.81. The first-order chi connectivity index (χ1) is 11.2. The second-order valence-corrected chi connectivity index (χ2v) is 6.16. The van der Waals surface area contributed by atoms with Gasteiger partial charge >= 0.3 is 0 Å². The highest BCUT2D eigenvalue weighted by Gasteiger charge is 2.34. The average molecular weight is 309 g/mol. The van der Waals surface area contributed by atoms with Crippen LogP contribution in [0.1, 0.15) is 30.5 Å². The van der Waals surface area contributed by atoms with Gasteiger partial charge in [0.2, 0.25) is 5.91 Å². The van der Waals surface area contributed by atoms with Gasteiger partial charge in [0.25, 0.3) is 0 Å². The summed E-state index contributed by atoms with van der Waals surface area (Å²) in [7, 11) is 1.67. The van der Waals surface area contributed by atoms with E-state index >= 15 is 0 Å². The monoisotopic (exact) mass is 309 g/mol. The summed E-state index contributed by atoms with van der Waals surface area (Å²) in [6.45, 7) is 2.95. The van der Waals surface area contributed by atoms with Crippen molar-refractivity contribution in [3.8, 4) is 5.75 Å². The molecule has 1 aliphatic rings. The Morgan fingerprint density at radius 2 is 1.96 bits per heavy atom. The molecule has 1 fully saturated rings. The van der Waals surface area contributed by atoms with Crippen molar-refractivity contribution in [1.82, 2.24) is 4.90 Å². The Balaban J connectivity index is 1.69. The van der Waals surface area contributed by atoms with Crippen molar-refractivity contribution < 1.29 is 9.53 Å². The molecule has 0 bridgehead atoms. The third-order valence-corrected chi connectivity index (χ3v) is 4.72. The molecule has 0 N–H and O–H groups in total. The van der Waals surface area contributed by atoms with Gasteiger partial charge in [-0.05, 0) is 43.0 Å². The molecule has 1 heterocycles. The lowest BCUT2D eigenvalue weighted by atomic mass is 9.98. The van der Waals surface area contributed by atoms with Crippen LogP contribution in [-0.2, 0) is 11.2 Å². The Kier molecular flexibility index (Phi) is 4.65. The summed E-state index contributed by atoms with van der Waals surface area (Å²) >= 11 is 0. The van der Waals surface area contributed by atoms with Crippen molar-refractivity contribution in [3.63, 3.8) is 0 Å². The zero-order chi connectivity index (χ0) is 16.2. The fraction of sp³-hybridized carbons (Fsp3) is 0.350. The van der Waals surface area contributed by atoms with E-state index in [9.17, 15) is 4.79 Å². The van der Waals surface area contributed by atoms with Crippen molar-refractivity contribution in [2.45, 2.75) is 25.8 Å². The van der Waals surface area contributed by atoms with Gasteiger partial charge in [0.05, 0.1) is 13.2 Å². The number of rotatable bonds is 5. The maximum Gasteiger partial charge on any atom is 0.226 e. The van der Waals surface area contributed by atoms with E-state index in [0.717, 1.165) is 30.7 Å². The molecule has 0 spiro atoms. The zero-order valence-electron chi connectivity index (χ0n) is 13.7. The second-order valence-electron chi connectivity index (χ2n) is 6.16.